The van der Waals surface area contributed by atoms with Gasteiger partial charge in [-0.05, 0) is 19.1 Å². The Morgan fingerprint density at radius 1 is 1.57 bits per heavy atom. The highest BCUT2D eigenvalue weighted by Crippen LogP contribution is 2.38. The van der Waals surface area contributed by atoms with E-state index in [0.29, 0.717) is 10.0 Å². The third kappa shape index (κ3) is 3.18. The molecule has 7 nitrogen and oxygen atoms in total. The molecule has 0 radical (unpaired) electrons. The van der Waals surface area contributed by atoms with Gasteiger partial charge in [0, 0.05) is 6.07 Å². The van der Waals surface area contributed by atoms with Crippen molar-refractivity contribution in [3.05, 3.63) is 44.4 Å². The standard InChI is InChI=1S/C12H7N3O4S2/c1-6-10(11(16)17)21-12(14-6)20-9-4-7(5-13)2-3-8(9)15(18)19/h2-4H,1H3,(H,16,17). The van der Waals surface area contributed by atoms with Gasteiger partial charge < -0.3 is 5.11 Å². The zero-order valence-electron chi connectivity index (χ0n) is 10.6. The summed E-state index contributed by atoms with van der Waals surface area (Å²) in [7, 11) is 0. The fourth-order valence-electron chi connectivity index (χ4n) is 1.52. The molecule has 0 amide bonds. The highest BCUT2D eigenvalue weighted by molar-refractivity contribution is 8.01. The number of aromatic carboxylic acids is 1. The van der Waals surface area contributed by atoms with Crippen molar-refractivity contribution in [1.29, 1.82) is 5.26 Å². The first-order valence-electron chi connectivity index (χ1n) is 5.49. The zero-order chi connectivity index (χ0) is 15.6. The Labute approximate surface area is 127 Å². The largest absolute Gasteiger partial charge is 0.477 e. The van der Waals surface area contributed by atoms with Gasteiger partial charge in [-0.1, -0.05) is 11.8 Å². The van der Waals surface area contributed by atoms with Gasteiger partial charge in [-0.15, -0.1) is 11.3 Å². The van der Waals surface area contributed by atoms with Crippen LogP contribution in [0.1, 0.15) is 20.9 Å². The molecule has 0 atom stereocenters. The van der Waals surface area contributed by atoms with Crippen molar-refractivity contribution in [2.75, 3.05) is 0 Å². The van der Waals surface area contributed by atoms with Crippen LogP contribution in [-0.2, 0) is 0 Å². The maximum atomic E-state index is 11.0. The first kappa shape index (κ1) is 15.0. The lowest BCUT2D eigenvalue weighted by Crippen LogP contribution is -1.94. The molecule has 0 spiro atoms. The summed E-state index contributed by atoms with van der Waals surface area (Å²) in [4.78, 5) is 25.8. The van der Waals surface area contributed by atoms with Crippen LogP contribution in [0, 0.1) is 28.4 Å². The quantitative estimate of drug-likeness (QED) is 0.679. The Kier molecular flexibility index (Phi) is 4.21. The fourth-order valence-corrected chi connectivity index (χ4v) is 3.65. The van der Waals surface area contributed by atoms with Crippen LogP contribution in [0.2, 0.25) is 0 Å². The summed E-state index contributed by atoms with van der Waals surface area (Å²) in [6.07, 6.45) is 0. The van der Waals surface area contributed by atoms with Crippen LogP contribution in [0.3, 0.4) is 0 Å². The summed E-state index contributed by atoms with van der Waals surface area (Å²) in [5.74, 6) is -1.09. The molecular weight excluding hydrogens is 314 g/mol. The second kappa shape index (κ2) is 5.90. The number of carbonyl (C=O) groups is 1. The number of hydrogen-bond acceptors (Lipinski definition) is 7. The molecule has 0 aliphatic heterocycles. The molecule has 1 heterocycles. The molecule has 2 rings (SSSR count). The van der Waals surface area contributed by atoms with Gasteiger partial charge in [0.2, 0.25) is 0 Å². The van der Waals surface area contributed by atoms with Crippen LogP contribution in [0.25, 0.3) is 0 Å². The van der Waals surface area contributed by atoms with E-state index in [1.165, 1.54) is 18.2 Å². The Morgan fingerprint density at radius 2 is 2.29 bits per heavy atom. The van der Waals surface area contributed by atoms with E-state index in [-0.39, 0.29) is 21.0 Å². The van der Waals surface area contributed by atoms with Gasteiger partial charge in [-0.2, -0.15) is 5.26 Å². The highest BCUT2D eigenvalue weighted by atomic mass is 32.2. The van der Waals surface area contributed by atoms with Crippen molar-refractivity contribution in [2.24, 2.45) is 0 Å². The molecule has 106 valence electrons. The fraction of sp³-hybridized carbons (Fsp3) is 0.0833. The van der Waals surface area contributed by atoms with E-state index in [1.54, 1.807) is 6.92 Å². The van der Waals surface area contributed by atoms with Crippen molar-refractivity contribution >= 4 is 34.8 Å². The third-order valence-corrected chi connectivity index (χ3v) is 4.71. The number of nitro benzene ring substituents is 1. The number of nitro groups is 1. The molecule has 0 aliphatic rings. The average molecular weight is 321 g/mol. The highest BCUT2D eigenvalue weighted by Gasteiger charge is 2.19. The molecule has 0 unspecified atom stereocenters. The summed E-state index contributed by atoms with van der Waals surface area (Å²) in [6, 6.07) is 5.90. The average Bonchev–Trinajstić information content (AvgIpc) is 2.79. The van der Waals surface area contributed by atoms with Gasteiger partial charge in [0.05, 0.1) is 27.1 Å². The summed E-state index contributed by atoms with van der Waals surface area (Å²) < 4.78 is 0.378. The number of thiazole rings is 1. The van der Waals surface area contributed by atoms with Gasteiger partial charge in [-0.3, -0.25) is 10.1 Å². The monoisotopic (exact) mass is 321 g/mol. The Morgan fingerprint density at radius 3 is 2.81 bits per heavy atom. The lowest BCUT2D eigenvalue weighted by atomic mass is 10.2. The number of nitrogens with zero attached hydrogens (tertiary/aromatic N) is 3. The summed E-state index contributed by atoms with van der Waals surface area (Å²) in [6.45, 7) is 1.56. The summed E-state index contributed by atoms with van der Waals surface area (Å²) in [5.41, 5.74) is 0.493. The number of carboxylic acid groups (broad SMARTS) is 1. The topological polar surface area (TPSA) is 117 Å². The smallest absolute Gasteiger partial charge is 0.347 e. The van der Waals surface area contributed by atoms with Crippen molar-refractivity contribution in [1.82, 2.24) is 4.98 Å². The first-order valence-corrected chi connectivity index (χ1v) is 7.12. The molecule has 1 aromatic heterocycles. The lowest BCUT2D eigenvalue weighted by molar-refractivity contribution is -0.387. The van der Waals surface area contributed by atoms with Crippen molar-refractivity contribution < 1.29 is 14.8 Å². The predicted molar refractivity (Wildman–Crippen MR) is 75.7 cm³/mol. The maximum absolute atomic E-state index is 11.0. The Balaban J connectivity index is 2.43. The number of aryl methyl sites for hydroxylation is 1. The van der Waals surface area contributed by atoms with E-state index in [2.05, 4.69) is 4.98 Å². The zero-order valence-corrected chi connectivity index (χ0v) is 12.2. The molecule has 9 heteroatoms. The van der Waals surface area contributed by atoms with Gasteiger partial charge in [0.1, 0.15) is 4.88 Å². The van der Waals surface area contributed by atoms with Crippen molar-refractivity contribution in [3.63, 3.8) is 0 Å². The van der Waals surface area contributed by atoms with Gasteiger partial charge in [0.25, 0.3) is 5.69 Å². The number of hydrogen-bond donors (Lipinski definition) is 1. The molecule has 2 aromatic rings. The number of carboxylic acids is 1. The van der Waals surface area contributed by atoms with Crippen LogP contribution in [-0.4, -0.2) is 21.0 Å². The van der Waals surface area contributed by atoms with E-state index >= 15 is 0 Å². The molecule has 1 aromatic carbocycles. The molecule has 21 heavy (non-hydrogen) atoms. The number of aromatic nitrogens is 1. The molecule has 1 N–H and O–H groups in total. The van der Waals surface area contributed by atoms with E-state index < -0.39 is 10.9 Å². The van der Waals surface area contributed by atoms with Gasteiger partial charge in [0.15, 0.2) is 4.34 Å². The predicted octanol–water partition coefficient (Wildman–Crippen LogP) is 3.08. The maximum Gasteiger partial charge on any atom is 0.347 e. The van der Waals surface area contributed by atoms with Crippen molar-refractivity contribution in [3.8, 4) is 6.07 Å². The molecular formula is C12H7N3O4S2. The number of benzene rings is 1. The van der Waals surface area contributed by atoms with E-state index in [1.807, 2.05) is 6.07 Å². The van der Waals surface area contributed by atoms with Crippen molar-refractivity contribution in [2.45, 2.75) is 16.2 Å². The van der Waals surface area contributed by atoms with Gasteiger partial charge >= 0.3 is 5.97 Å². The van der Waals surface area contributed by atoms with Crippen LogP contribution < -0.4 is 0 Å². The third-order valence-electron chi connectivity index (χ3n) is 2.45. The Bertz CT molecular complexity index is 779. The molecule has 0 fully saturated rings. The van der Waals surface area contributed by atoms with Crippen LogP contribution in [0.4, 0.5) is 5.69 Å². The van der Waals surface area contributed by atoms with E-state index in [0.717, 1.165) is 23.1 Å². The Hall–Kier alpha value is -2.44. The normalized spacial score (nSPS) is 10.1. The SMILES string of the molecule is Cc1nc(Sc2cc(C#N)ccc2[N+](=O)[O-])sc1C(=O)O. The summed E-state index contributed by atoms with van der Waals surface area (Å²) >= 11 is 1.92. The minimum absolute atomic E-state index is 0.0941. The second-order valence-electron chi connectivity index (χ2n) is 3.85. The first-order chi connectivity index (χ1) is 9.92. The van der Waals surface area contributed by atoms with Crippen LogP contribution in [0.15, 0.2) is 27.4 Å². The molecule has 0 saturated heterocycles. The lowest BCUT2D eigenvalue weighted by Gasteiger charge is -2.00. The number of rotatable bonds is 4. The minimum Gasteiger partial charge on any atom is -0.477 e. The second-order valence-corrected chi connectivity index (χ2v) is 6.14. The van der Waals surface area contributed by atoms with Crippen LogP contribution >= 0.6 is 23.1 Å². The summed E-state index contributed by atoms with van der Waals surface area (Å²) in [5, 5.41) is 28.8. The van der Waals surface area contributed by atoms with E-state index in [9.17, 15) is 14.9 Å². The van der Waals surface area contributed by atoms with Crippen LogP contribution in [0.5, 0.6) is 0 Å². The van der Waals surface area contributed by atoms with E-state index in [4.69, 9.17) is 10.4 Å². The minimum atomic E-state index is -1.09. The number of nitriles is 1. The molecule has 0 saturated carbocycles. The molecule has 0 aliphatic carbocycles. The van der Waals surface area contributed by atoms with Gasteiger partial charge in [-0.25, -0.2) is 9.78 Å². The molecule has 0 bridgehead atoms.